The lowest BCUT2D eigenvalue weighted by atomic mass is 9.76. The maximum absolute atomic E-state index is 12.3. The molecule has 6 nitrogen and oxygen atoms in total. The molecule has 2 aliphatic heterocycles. The number of benzene rings is 1. The van der Waals surface area contributed by atoms with Crippen LogP contribution in [0.2, 0.25) is 0 Å². The van der Waals surface area contributed by atoms with Crippen LogP contribution >= 0.6 is 0 Å². The summed E-state index contributed by atoms with van der Waals surface area (Å²) in [6.45, 7) is 15.0. The van der Waals surface area contributed by atoms with Crippen molar-refractivity contribution in [2.75, 3.05) is 13.1 Å². The van der Waals surface area contributed by atoms with E-state index in [0.717, 1.165) is 23.9 Å². The zero-order valence-electron chi connectivity index (χ0n) is 19.2. The number of amides is 1. The van der Waals surface area contributed by atoms with E-state index in [0.29, 0.717) is 18.7 Å². The summed E-state index contributed by atoms with van der Waals surface area (Å²) in [4.78, 5) is 14.1. The van der Waals surface area contributed by atoms with Crippen LogP contribution in [0.15, 0.2) is 18.2 Å². The molecule has 0 aliphatic carbocycles. The molecule has 0 N–H and O–H groups in total. The van der Waals surface area contributed by atoms with Gasteiger partial charge in [-0.15, -0.1) is 0 Å². The van der Waals surface area contributed by atoms with Gasteiger partial charge in [-0.1, -0.05) is 12.1 Å². The number of rotatable bonds is 2. The van der Waals surface area contributed by atoms with Crippen molar-refractivity contribution in [3.63, 3.8) is 0 Å². The molecule has 0 spiro atoms. The Morgan fingerprint density at radius 3 is 2.23 bits per heavy atom. The van der Waals surface area contributed by atoms with E-state index < -0.39 is 23.9 Å². The SMILES string of the molecule is CC(C)(C)OC(=O)N1CCC(c2ccc(B3OC(C)(C)C(C)(C)O3)cc2C#N)CC1. The molecule has 2 heterocycles. The van der Waals surface area contributed by atoms with Crippen molar-refractivity contribution in [1.82, 2.24) is 4.90 Å². The fraction of sp³-hybridized carbons (Fsp3) is 0.652. The Hall–Kier alpha value is -2.04. The van der Waals surface area contributed by atoms with E-state index in [4.69, 9.17) is 14.0 Å². The van der Waals surface area contributed by atoms with Crippen molar-refractivity contribution >= 4 is 18.7 Å². The van der Waals surface area contributed by atoms with E-state index in [1.165, 1.54) is 0 Å². The summed E-state index contributed by atoms with van der Waals surface area (Å²) in [6.07, 6.45) is 1.35. The Morgan fingerprint density at radius 1 is 1.17 bits per heavy atom. The molecule has 2 saturated heterocycles. The van der Waals surface area contributed by atoms with Crippen LogP contribution in [-0.2, 0) is 14.0 Å². The molecule has 0 saturated carbocycles. The van der Waals surface area contributed by atoms with Crippen LogP contribution in [-0.4, -0.2) is 48.0 Å². The number of hydrogen-bond donors (Lipinski definition) is 0. The van der Waals surface area contributed by atoms with Gasteiger partial charge >= 0.3 is 13.2 Å². The van der Waals surface area contributed by atoms with E-state index in [-0.39, 0.29) is 12.0 Å². The van der Waals surface area contributed by atoms with E-state index in [1.807, 2.05) is 66.7 Å². The third kappa shape index (κ3) is 4.65. The maximum atomic E-state index is 12.3. The first-order valence-electron chi connectivity index (χ1n) is 10.7. The number of nitrogens with zero attached hydrogens (tertiary/aromatic N) is 2. The molecule has 0 atom stereocenters. The van der Waals surface area contributed by atoms with Crippen molar-refractivity contribution < 1.29 is 18.8 Å². The Kier molecular flexibility index (Phi) is 5.96. The van der Waals surface area contributed by atoms with Crippen molar-refractivity contribution in [2.45, 2.75) is 84.0 Å². The first kappa shape index (κ1) is 22.6. The van der Waals surface area contributed by atoms with Crippen LogP contribution in [0, 0.1) is 11.3 Å². The third-order valence-electron chi connectivity index (χ3n) is 6.31. The van der Waals surface area contributed by atoms with Gasteiger partial charge in [-0.25, -0.2) is 4.79 Å². The second-order valence-electron chi connectivity index (χ2n) is 10.3. The summed E-state index contributed by atoms with van der Waals surface area (Å²) in [5, 5.41) is 9.77. The smallest absolute Gasteiger partial charge is 0.444 e. The Morgan fingerprint density at radius 2 is 1.73 bits per heavy atom. The summed E-state index contributed by atoms with van der Waals surface area (Å²) in [5.74, 6) is 0.241. The summed E-state index contributed by atoms with van der Waals surface area (Å²) in [5.41, 5.74) is 1.21. The lowest BCUT2D eigenvalue weighted by Crippen LogP contribution is -2.41. The molecule has 0 unspecified atom stereocenters. The van der Waals surface area contributed by atoms with Gasteiger partial charge in [0.1, 0.15) is 5.60 Å². The van der Waals surface area contributed by atoms with Gasteiger partial charge in [0.05, 0.1) is 22.8 Å². The van der Waals surface area contributed by atoms with Gasteiger partial charge in [-0.05, 0) is 84.3 Å². The largest absolute Gasteiger partial charge is 0.494 e. The molecule has 1 aromatic carbocycles. The van der Waals surface area contributed by atoms with E-state index in [1.54, 1.807) is 4.90 Å². The van der Waals surface area contributed by atoms with Gasteiger partial charge in [0.15, 0.2) is 0 Å². The molecule has 7 heteroatoms. The van der Waals surface area contributed by atoms with Crippen LogP contribution in [0.25, 0.3) is 0 Å². The number of hydrogen-bond acceptors (Lipinski definition) is 5. The topological polar surface area (TPSA) is 71.8 Å². The second kappa shape index (κ2) is 7.90. The average molecular weight is 412 g/mol. The molecule has 0 bridgehead atoms. The average Bonchev–Trinajstić information content (AvgIpc) is 2.87. The van der Waals surface area contributed by atoms with Crippen molar-refractivity contribution in [3.05, 3.63) is 29.3 Å². The minimum Gasteiger partial charge on any atom is -0.444 e. The fourth-order valence-electron chi connectivity index (χ4n) is 3.85. The highest BCUT2D eigenvalue weighted by atomic mass is 16.7. The van der Waals surface area contributed by atoms with Crippen LogP contribution < -0.4 is 5.46 Å². The molecule has 2 fully saturated rings. The monoisotopic (exact) mass is 412 g/mol. The number of nitriles is 1. The van der Waals surface area contributed by atoms with Crippen molar-refractivity contribution in [2.24, 2.45) is 0 Å². The maximum Gasteiger partial charge on any atom is 0.494 e. The van der Waals surface area contributed by atoms with Crippen LogP contribution in [0.5, 0.6) is 0 Å². The number of ether oxygens (including phenoxy) is 1. The van der Waals surface area contributed by atoms with Gasteiger partial charge in [0.2, 0.25) is 0 Å². The standard InChI is InChI=1S/C23H33BN2O4/c1-21(2,3)28-20(27)26-12-10-16(11-13-26)19-9-8-18(14-17(19)15-25)24-29-22(4,5)23(6,7)30-24/h8-9,14,16H,10-13H2,1-7H3. The highest BCUT2D eigenvalue weighted by Gasteiger charge is 2.51. The minimum atomic E-state index is -0.495. The van der Waals surface area contributed by atoms with Crippen LogP contribution in [0.4, 0.5) is 4.79 Å². The van der Waals surface area contributed by atoms with Crippen molar-refractivity contribution in [1.29, 1.82) is 5.26 Å². The number of carbonyl (C=O) groups excluding carboxylic acids is 1. The number of piperidine rings is 1. The van der Waals surface area contributed by atoms with Gasteiger partial charge in [-0.3, -0.25) is 0 Å². The van der Waals surface area contributed by atoms with E-state index in [2.05, 4.69) is 6.07 Å². The van der Waals surface area contributed by atoms with E-state index in [9.17, 15) is 10.1 Å². The summed E-state index contributed by atoms with van der Waals surface area (Å²) >= 11 is 0. The Bertz CT molecular complexity index is 830. The van der Waals surface area contributed by atoms with Crippen LogP contribution in [0.1, 0.15) is 78.4 Å². The molecule has 1 aromatic rings. The lowest BCUT2D eigenvalue weighted by molar-refractivity contribution is 0.00578. The zero-order valence-corrected chi connectivity index (χ0v) is 19.2. The Labute approximate surface area is 180 Å². The number of carbonyl (C=O) groups is 1. The van der Waals surface area contributed by atoms with Gasteiger partial charge in [0, 0.05) is 13.1 Å². The molecule has 162 valence electrons. The number of likely N-dealkylation sites (tertiary alicyclic amines) is 1. The molecular formula is C23H33BN2O4. The first-order chi connectivity index (χ1) is 13.8. The molecule has 0 radical (unpaired) electrons. The third-order valence-corrected chi connectivity index (χ3v) is 6.31. The van der Waals surface area contributed by atoms with Crippen LogP contribution in [0.3, 0.4) is 0 Å². The zero-order chi connectivity index (χ0) is 22.3. The van der Waals surface area contributed by atoms with Crippen molar-refractivity contribution in [3.8, 4) is 6.07 Å². The molecule has 30 heavy (non-hydrogen) atoms. The normalized spacial score (nSPS) is 21.4. The summed E-state index contributed by atoms with van der Waals surface area (Å²) < 4.78 is 17.7. The highest BCUT2D eigenvalue weighted by Crippen LogP contribution is 2.37. The summed E-state index contributed by atoms with van der Waals surface area (Å²) in [6, 6.07) is 8.25. The van der Waals surface area contributed by atoms with Gasteiger partial charge in [0.25, 0.3) is 0 Å². The Balaban J connectivity index is 1.70. The lowest BCUT2D eigenvalue weighted by Gasteiger charge is -2.34. The minimum absolute atomic E-state index is 0.241. The second-order valence-corrected chi connectivity index (χ2v) is 10.3. The van der Waals surface area contributed by atoms with Gasteiger partial charge < -0.3 is 18.9 Å². The highest BCUT2D eigenvalue weighted by molar-refractivity contribution is 6.62. The fourth-order valence-corrected chi connectivity index (χ4v) is 3.85. The molecular weight excluding hydrogens is 379 g/mol. The predicted octanol–water partition coefficient (Wildman–Crippen LogP) is 3.97. The molecule has 3 rings (SSSR count). The quantitative estimate of drug-likeness (QED) is 0.688. The predicted molar refractivity (Wildman–Crippen MR) is 117 cm³/mol. The van der Waals surface area contributed by atoms with E-state index >= 15 is 0 Å². The summed E-state index contributed by atoms with van der Waals surface area (Å²) in [7, 11) is -0.481. The molecule has 2 aliphatic rings. The van der Waals surface area contributed by atoms with Gasteiger partial charge in [-0.2, -0.15) is 5.26 Å². The molecule has 0 aromatic heterocycles. The molecule has 1 amide bonds. The first-order valence-corrected chi connectivity index (χ1v) is 10.7.